The highest BCUT2D eigenvalue weighted by atomic mass is 28.3. The Balaban J connectivity index is 2.52. The van der Waals surface area contributed by atoms with E-state index in [1.54, 1.807) is 0 Å². The minimum atomic E-state index is -0.927. The van der Waals surface area contributed by atoms with Gasteiger partial charge in [0.05, 0.1) is 8.07 Å². The maximum atomic E-state index is 2.53. The fourth-order valence-electron chi connectivity index (χ4n) is 2.42. The summed E-state index contributed by atoms with van der Waals surface area (Å²) in [7, 11) is -0.927. The van der Waals surface area contributed by atoms with Crippen molar-refractivity contribution < 1.29 is 0 Å². The third kappa shape index (κ3) is 3.67. The molecule has 1 rings (SSSR count). The number of allylic oxidation sites excluding steroid dienone is 2. The summed E-state index contributed by atoms with van der Waals surface area (Å²) in [6, 6.07) is 5.85. The van der Waals surface area contributed by atoms with Gasteiger partial charge < -0.3 is 4.90 Å². The van der Waals surface area contributed by atoms with Gasteiger partial charge in [-0.05, 0) is 13.0 Å². The summed E-state index contributed by atoms with van der Waals surface area (Å²) in [5.74, 6) is 0. The molecule has 88 valence electrons. The molecule has 0 unspecified atom stereocenters. The van der Waals surface area contributed by atoms with Crippen molar-refractivity contribution >= 4 is 8.07 Å². The maximum absolute atomic E-state index is 2.53. The first kappa shape index (κ1) is 12.8. The van der Waals surface area contributed by atoms with Crippen LogP contribution < -0.4 is 0 Å². The van der Waals surface area contributed by atoms with E-state index in [0.717, 1.165) is 0 Å². The van der Waals surface area contributed by atoms with Crippen molar-refractivity contribution in [1.29, 1.82) is 0 Å². The molecule has 1 nitrogen and oxygen atoms in total. The summed E-state index contributed by atoms with van der Waals surface area (Å²) >= 11 is 0. The highest BCUT2D eigenvalue weighted by Crippen LogP contribution is 2.28. The van der Waals surface area contributed by atoms with Gasteiger partial charge in [0.15, 0.2) is 0 Å². The van der Waals surface area contributed by atoms with E-state index in [1.807, 2.05) is 0 Å². The standard InChI is InChI=1S/C13H27NSi/c1-5-11-15(6-2,7-3)12-8-13(4)14-9-10-14/h8H,5-7,9-12H2,1-4H3/b13-8-. The zero-order valence-corrected chi connectivity index (χ0v) is 12.0. The molecule has 0 aliphatic carbocycles. The smallest absolute Gasteiger partial charge is 0.0568 e. The Kier molecular flexibility index (Phi) is 4.90. The van der Waals surface area contributed by atoms with Gasteiger partial charge in [0.1, 0.15) is 0 Å². The van der Waals surface area contributed by atoms with E-state index < -0.39 is 8.07 Å². The van der Waals surface area contributed by atoms with Gasteiger partial charge in [-0.1, -0.05) is 51.4 Å². The number of hydrogen-bond acceptors (Lipinski definition) is 1. The van der Waals surface area contributed by atoms with Crippen molar-refractivity contribution in [3.8, 4) is 0 Å². The molecular weight excluding hydrogens is 198 g/mol. The predicted octanol–water partition coefficient (Wildman–Crippen LogP) is 4.10. The first-order valence-corrected chi connectivity index (χ1v) is 9.42. The lowest BCUT2D eigenvalue weighted by atomic mass is 10.4. The van der Waals surface area contributed by atoms with Gasteiger partial charge in [0.25, 0.3) is 0 Å². The molecular formula is C13H27NSi. The summed E-state index contributed by atoms with van der Waals surface area (Å²) < 4.78 is 0. The van der Waals surface area contributed by atoms with E-state index in [-0.39, 0.29) is 0 Å². The van der Waals surface area contributed by atoms with Crippen LogP contribution in [0.5, 0.6) is 0 Å². The van der Waals surface area contributed by atoms with Crippen LogP contribution >= 0.6 is 0 Å². The molecule has 1 aliphatic rings. The highest BCUT2D eigenvalue weighted by molar-refractivity contribution is 6.80. The third-order valence-corrected chi connectivity index (χ3v) is 9.69. The predicted molar refractivity (Wildman–Crippen MR) is 72.0 cm³/mol. The quantitative estimate of drug-likeness (QED) is 0.465. The Bertz CT molecular complexity index is 215. The Hall–Kier alpha value is -0.243. The molecule has 0 radical (unpaired) electrons. The summed E-state index contributed by atoms with van der Waals surface area (Å²) in [5.41, 5.74) is 1.53. The fraction of sp³-hybridized carbons (Fsp3) is 0.846. The molecule has 1 heterocycles. The van der Waals surface area contributed by atoms with E-state index in [1.165, 1.54) is 49.4 Å². The van der Waals surface area contributed by atoms with Crippen LogP contribution in [0, 0.1) is 0 Å². The van der Waals surface area contributed by atoms with Gasteiger partial charge in [-0.2, -0.15) is 0 Å². The number of hydrogen-bond donors (Lipinski definition) is 0. The Morgan fingerprint density at radius 3 is 2.20 bits per heavy atom. The van der Waals surface area contributed by atoms with Crippen LogP contribution in [0.25, 0.3) is 0 Å². The highest BCUT2D eigenvalue weighted by Gasteiger charge is 2.27. The van der Waals surface area contributed by atoms with Gasteiger partial charge in [-0.25, -0.2) is 0 Å². The minimum absolute atomic E-state index is 0.927. The average molecular weight is 225 g/mol. The molecule has 0 atom stereocenters. The molecule has 0 spiro atoms. The molecule has 0 saturated carbocycles. The molecule has 0 N–H and O–H groups in total. The first-order chi connectivity index (χ1) is 7.17. The van der Waals surface area contributed by atoms with Gasteiger partial charge >= 0.3 is 0 Å². The van der Waals surface area contributed by atoms with E-state index in [0.29, 0.717) is 0 Å². The van der Waals surface area contributed by atoms with Gasteiger partial charge in [-0.3, -0.25) is 0 Å². The summed E-state index contributed by atoms with van der Waals surface area (Å²) in [6.45, 7) is 12.0. The van der Waals surface area contributed by atoms with Crippen molar-refractivity contribution in [2.45, 2.75) is 58.3 Å². The van der Waals surface area contributed by atoms with Crippen LogP contribution in [0.15, 0.2) is 11.8 Å². The molecule has 15 heavy (non-hydrogen) atoms. The molecule has 2 heteroatoms. The van der Waals surface area contributed by atoms with E-state index in [4.69, 9.17) is 0 Å². The minimum Gasteiger partial charge on any atom is -0.372 e. The van der Waals surface area contributed by atoms with Crippen LogP contribution in [-0.4, -0.2) is 26.1 Å². The largest absolute Gasteiger partial charge is 0.372 e. The van der Waals surface area contributed by atoms with Crippen molar-refractivity contribution in [3.05, 3.63) is 11.8 Å². The van der Waals surface area contributed by atoms with Crippen molar-refractivity contribution in [3.63, 3.8) is 0 Å². The molecule has 1 aliphatic heterocycles. The van der Waals surface area contributed by atoms with Crippen LogP contribution in [0.3, 0.4) is 0 Å². The molecule has 0 aromatic heterocycles. The van der Waals surface area contributed by atoms with Gasteiger partial charge in [-0.15, -0.1) is 0 Å². The van der Waals surface area contributed by atoms with Crippen molar-refractivity contribution in [2.75, 3.05) is 13.1 Å². The molecule has 1 saturated heterocycles. The second-order valence-electron chi connectivity index (χ2n) is 4.99. The lowest BCUT2D eigenvalue weighted by molar-refractivity contribution is 0.695. The van der Waals surface area contributed by atoms with Crippen LogP contribution in [0.1, 0.15) is 34.1 Å². The summed E-state index contributed by atoms with van der Waals surface area (Å²) in [4.78, 5) is 2.47. The zero-order valence-electron chi connectivity index (χ0n) is 11.0. The summed E-state index contributed by atoms with van der Waals surface area (Å²) in [6.07, 6.45) is 3.91. The van der Waals surface area contributed by atoms with Crippen molar-refractivity contribution in [2.24, 2.45) is 0 Å². The lowest BCUT2D eigenvalue weighted by Crippen LogP contribution is -2.31. The number of nitrogens with zero attached hydrogens (tertiary/aromatic N) is 1. The SMILES string of the molecule is CCC[Si](CC)(CC)C/C=C(/C)N1CC1. The molecule has 1 fully saturated rings. The normalized spacial score (nSPS) is 17.1. The zero-order chi connectivity index (χ0) is 11.3. The Morgan fingerprint density at radius 1 is 1.20 bits per heavy atom. The average Bonchev–Trinajstić information content (AvgIpc) is 3.07. The summed E-state index contributed by atoms with van der Waals surface area (Å²) in [5, 5.41) is 0. The molecule has 0 aromatic carbocycles. The Labute approximate surface area is 96.6 Å². The van der Waals surface area contributed by atoms with Gasteiger partial charge in [0, 0.05) is 18.8 Å². The second-order valence-corrected chi connectivity index (χ2v) is 10.3. The topological polar surface area (TPSA) is 3.01 Å². The van der Waals surface area contributed by atoms with Crippen LogP contribution in [0.2, 0.25) is 24.2 Å². The van der Waals surface area contributed by atoms with Crippen LogP contribution in [0.4, 0.5) is 0 Å². The Morgan fingerprint density at radius 2 is 1.80 bits per heavy atom. The molecule has 0 aromatic rings. The van der Waals surface area contributed by atoms with E-state index in [2.05, 4.69) is 38.7 Å². The lowest BCUT2D eigenvalue weighted by Gasteiger charge is -2.28. The second kappa shape index (κ2) is 5.74. The molecule has 0 bridgehead atoms. The monoisotopic (exact) mass is 225 g/mol. The number of rotatable bonds is 7. The maximum Gasteiger partial charge on any atom is 0.0568 e. The fourth-order valence-corrected chi connectivity index (χ4v) is 6.20. The van der Waals surface area contributed by atoms with Crippen molar-refractivity contribution in [1.82, 2.24) is 4.90 Å². The first-order valence-electron chi connectivity index (χ1n) is 6.59. The van der Waals surface area contributed by atoms with E-state index in [9.17, 15) is 0 Å². The third-order valence-electron chi connectivity index (χ3n) is 4.06. The van der Waals surface area contributed by atoms with Crippen LogP contribution in [-0.2, 0) is 0 Å². The molecule has 0 amide bonds. The van der Waals surface area contributed by atoms with E-state index >= 15 is 0 Å². The van der Waals surface area contributed by atoms with Gasteiger partial charge in [0.2, 0.25) is 0 Å².